The number of carbonyl (C=O) groups excluding carboxylic acids is 2. The third-order valence-electron chi connectivity index (χ3n) is 3.56. The quantitative estimate of drug-likeness (QED) is 0.899. The first-order valence-electron chi connectivity index (χ1n) is 7.04. The minimum Gasteiger partial charge on any atom is -0.343 e. The van der Waals surface area contributed by atoms with Gasteiger partial charge in [-0.2, -0.15) is 4.98 Å². The molecular weight excluding hydrogens is 284 g/mol. The van der Waals surface area contributed by atoms with E-state index >= 15 is 0 Å². The molecule has 0 bridgehead atoms. The van der Waals surface area contributed by atoms with Crippen molar-refractivity contribution in [3.8, 4) is 0 Å². The highest BCUT2D eigenvalue weighted by Crippen LogP contribution is 2.25. The molecule has 2 heterocycles. The van der Waals surface area contributed by atoms with Gasteiger partial charge in [0, 0.05) is 18.7 Å². The molecule has 1 aliphatic heterocycles. The lowest BCUT2D eigenvalue weighted by atomic mass is 10.00. The number of nitrogens with zero attached hydrogens (tertiary/aromatic N) is 3. The number of likely N-dealkylation sites (tertiary alicyclic amines) is 1. The van der Waals surface area contributed by atoms with E-state index in [9.17, 15) is 9.59 Å². The van der Waals surface area contributed by atoms with Gasteiger partial charge in [0.05, 0.1) is 12.5 Å². The van der Waals surface area contributed by atoms with Crippen molar-refractivity contribution in [3.05, 3.63) is 47.6 Å². The summed E-state index contributed by atoms with van der Waals surface area (Å²) in [6, 6.07) is 8.81. The van der Waals surface area contributed by atoms with E-state index in [0.29, 0.717) is 30.4 Å². The Kier molecular flexibility index (Phi) is 3.86. The lowest BCUT2D eigenvalue weighted by Gasteiger charge is -2.37. The van der Waals surface area contributed by atoms with Crippen LogP contribution in [-0.4, -0.2) is 46.5 Å². The second-order valence-electron chi connectivity index (χ2n) is 5.22. The van der Waals surface area contributed by atoms with Crippen LogP contribution in [0, 0.1) is 6.92 Å². The maximum Gasteiger partial charge on any atom is 0.251 e. The second kappa shape index (κ2) is 5.97. The molecule has 0 spiro atoms. The zero-order valence-electron chi connectivity index (χ0n) is 12.2. The number of aryl methyl sites for hydroxylation is 1. The predicted octanol–water partition coefficient (Wildman–Crippen LogP) is 0.734. The standard InChI is InChI=1S/C15H16N4O3/c1-10-17-15(22-18-10)12-8-19(9-12)13(20)7-16-14(21)11-5-3-2-4-6-11/h2-6,12H,7-9H2,1H3,(H,16,21). The van der Waals surface area contributed by atoms with Gasteiger partial charge in [-0.25, -0.2) is 0 Å². The van der Waals surface area contributed by atoms with Crippen LogP contribution in [0.1, 0.15) is 28.0 Å². The molecule has 7 heteroatoms. The van der Waals surface area contributed by atoms with Crippen LogP contribution in [0.3, 0.4) is 0 Å². The highest BCUT2D eigenvalue weighted by molar-refractivity contribution is 5.96. The number of rotatable bonds is 4. The molecule has 1 saturated heterocycles. The summed E-state index contributed by atoms with van der Waals surface area (Å²) in [6.45, 7) is 2.83. The first kappa shape index (κ1) is 14.2. The molecule has 22 heavy (non-hydrogen) atoms. The van der Waals surface area contributed by atoms with Crippen LogP contribution in [0.4, 0.5) is 0 Å². The molecule has 3 rings (SSSR count). The van der Waals surface area contributed by atoms with E-state index in [1.165, 1.54) is 0 Å². The van der Waals surface area contributed by atoms with E-state index in [4.69, 9.17) is 4.52 Å². The highest BCUT2D eigenvalue weighted by Gasteiger charge is 2.35. The molecule has 1 aromatic heterocycles. The molecule has 1 fully saturated rings. The Bertz CT molecular complexity index is 677. The number of carbonyl (C=O) groups is 2. The molecule has 2 aromatic rings. The molecule has 7 nitrogen and oxygen atoms in total. The maximum absolute atomic E-state index is 12.0. The van der Waals surface area contributed by atoms with Crippen molar-refractivity contribution >= 4 is 11.8 Å². The van der Waals surface area contributed by atoms with Crippen molar-refractivity contribution < 1.29 is 14.1 Å². The third-order valence-corrected chi connectivity index (χ3v) is 3.56. The Morgan fingerprint density at radius 3 is 2.68 bits per heavy atom. The number of benzene rings is 1. The van der Waals surface area contributed by atoms with Crippen molar-refractivity contribution in [1.82, 2.24) is 20.4 Å². The van der Waals surface area contributed by atoms with E-state index in [1.54, 1.807) is 36.1 Å². The number of hydrogen-bond donors (Lipinski definition) is 1. The van der Waals surface area contributed by atoms with Gasteiger partial charge in [-0.1, -0.05) is 23.4 Å². The normalized spacial score (nSPS) is 14.5. The van der Waals surface area contributed by atoms with Crippen LogP contribution >= 0.6 is 0 Å². The molecule has 1 aliphatic rings. The summed E-state index contributed by atoms with van der Waals surface area (Å²) in [4.78, 5) is 29.7. The van der Waals surface area contributed by atoms with Gasteiger partial charge < -0.3 is 14.7 Å². The smallest absolute Gasteiger partial charge is 0.251 e. The van der Waals surface area contributed by atoms with E-state index in [2.05, 4.69) is 15.5 Å². The van der Waals surface area contributed by atoms with Crippen LogP contribution in [0.15, 0.2) is 34.9 Å². The molecule has 0 aliphatic carbocycles. The fourth-order valence-electron chi connectivity index (χ4n) is 2.28. The van der Waals surface area contributed by atoms with Gasteiger partial charge >= 0.3 is 0 Å². The third kappa shape index (κ3) is 2.98. The first-order chi connectivity index (χ1) is 10.6. The summed E-state index contributed by atoms with van der Waals surface area (Å²) < 4.78 is 5.08. The van der Waals surface area contributed by atoms with Gasteiger partial charge in [-0.15, -0.1) is 0 Å². The van der Waals surface area contributed by atoms with Crippen molar-refractivity contribution in [2.24, 2.45) is 0 Å². The average molecular weight is 300 g/mol. The monoisotopic (exact) mass is 300 g/mol. The van der Waals surface area contributed by atoms with Gasteiger partial charge in [-0.3, -0.25) is 9.59 Å². The van der Waals surface area contributed by atoms with Gasteiger partial charge in [0.2, 0.25) is 11.8 Å². The highest BCUT2D eigenvalue weighted by atomic mass is 16.5. The molecule has 1 N–H and O–H groups in total. The topological polar surface area (TPSA) is 88.3 Å². The molecular formula is C15H16N4O3. The lowest BCUT2D eigenvalue weighted by molar-refractivity contribution is -0.134. The predicted molar refractivity (Wildman–Crippen MR) is 77.1 cm³/mol. The zero-order chi connectivity index (χ0) is 15.5. The molecule has 1 aromatic carbocycles. The van der Waals surface area contributed by atoms with Gasteiger partial charge in [0.25, 0.3) is 5.91 Å². The summed E-state index contributed by atoms with van der Waals surface area (Å²) >= 11 is 0. The minimum absolute atomic E-state index is 0.0106. The lowest BCUT2D eigenvalue weighted by Crippen LogP contribution is -2.51. The van der Waals surface area contributed by atoms with E-state index in [0.717, 1.165) is 0 Å². The van der Waals surface area contributed by atoms with E-state index < -0.39 is 0 Å². The fraction of sp³-hybridized carbons (Fsp3) is 0.333. The van der Waals surface area contributed by atoms with Crippen LogP contribution in [0.2, 0.25) is 0 Å². The summed E-state index contributed by atoms with van der Waals surface area (Å²) in [6.07, 6.45) is 0. The van der Waals surface area contributed by atoms with Gasteiger partial charge in [0.1, 0.15) is 0 Å². The molecule has 0 unspecified atom stereocenters. The second-order valence-corrected chi connectivity index (χ2v) is 5.22. The molecule has 0 atom stereocenters. The van der Waals surface area contributed by atoms with Crippen LogP contribution < -0.4 is 5.32 Å². The largest absolute Gasteiger partial charge is 0.343 e. The number of amides is 2. The first-order valence-corrected chi connectivity index (χ1v) is 7.04. The van der Waals surface area contributed by atoms with Crippen molar-refractivity contribution in [3.63, 3.8) is 0 Å². The Morgan fingerprint density at radius 2 is 2.05 bits per heavy atom. The average Bonchev–Trinajstić information content (AvgIpc) is 2.90. The Balaban J connectivity index is 1.45. The Hall–Kier alpha value is -2.70. The summed E-state index contributed by atoms with van der Waals surface area (Å²) in [5.74, 6) is 0.884. The van der Waals surface area contributed by atoms with Gasteiger partial charge in [-0.05, 0) is 19.1 Å². The van der Waals surface area contributed by atoms with Crippen LogP contribution in [-0.2, 0) is 4.79 Å². The maximum atomic E-state index is 12.0. The van der Waals surface area contributed by atoms with E-state index in [1.807, 2.05) is 6.07 Å². The summed E-state index contributed by atoms with van der Waals surface area (Å²) in [5, 5.41) is 6.36. The van der Waals surface area contributed by atoms with Crippen molar-refractivity contribution in [2.45, 2.75) is 12.8 Å². The SMILES string of the molecule is Cc1noc(C2CN(C(=O)CNC(=O)c3ccccc3)C2)n1. The fourth-order valence-corrected chi connectivity index (χ4v) is 2.28. The van der Waals surface area contributed by atoms with Gasteiger partial charge in [0.15, 0.2) is 5.82 Å². The van der Waals surface area contributed by atoms with Crippen molar-refractivity contribution in [1.29, 1.82) is 0 Å². The summed E-state index contributed by atoms with van der Waals surface area (Å²) in [7, 11) is 0. The number of nitrogens with one attached hydrogen (secondary N) is 1. The minimum atomic E-state index is -0.251. The number of hydrogen-bond acceptors (Lipinski definition) is 5. The molecule has 0 saturated carbocycles. The zero-order valence-corrected chi connectivity index (χ0v) is 12.2. The number of aromatic nitrogens is 2. The van der Waals surface area contributed by atoms with Crippen LogP contribution in [0.25, 0.3) is 0 Å². The van der Waals surface area contributed by atoms with Crippen LogP contribution in [0.5, 0.6) is 0 Å². The molecule has 0 radical (unpaired) electrons. The Morgan fingerprint density at radius 1 is 1.32 bits per heavy atom. The Labute approximate surface area is 127 Å². The van der Waals surface area contributed by atoms with E-state index in [-0.39, 0.29) is 24.3 Å². The van der Waals surface area contributed by atoms with Crippen molar-refractivity contribution in [2.75, 3.05) is 19.6 Å². The molecule has 114 valence electrons. The molecule has 2 amide bonds. The summed E-state index contributed by atoms with van der Waals surface area (Å²) in [5.41, 5.74) is 0.540.